The van der Waals surface area contributed by atoms with Crippen molar-refractivity contribution in [3.05, 3.63) is 0 Å². The predicted molar refractivity (Wildman–Crippen MR) is 55.4 cm³/mol. The fourth-order valence-electron chi connectivity index (χ4n) is 0.927. The maximum absolute atomic E-state index is 9.35. The lowest BCUT2D eigenvalue weighted by atomic mass is 10.3. The molecule has 6 nitrogen and oxygen atoms in total. The third kappa shape index (κ3) is 7.19. The molecule has 0 bridgehead atoms. The van der Waals surface area contributed by atoms with Crippen molar-refractivity contribution in [2.75, 3.05) is 26.2 Å². The van der Waals surface area contributed by atoms with E-state index in [0.29, 0.717) is 26.2 Å². The average molecular weight is 206 g/mol. The van der Waals surface area contributed by atoms with Crippen LogP contribution in [0.5, 0.6) is 0 Å². The summed E-state index contributed by atoms with van der Waals surface area (Å²) < 4.78 is 0. The van der Waals surface area contributed by atoms with E-state index in [9.17, 15) is 10.2 Å². The van der Waals surface area contributed by atoms with E-state index >= 15 is 0 Å². The highest BCUT2D eigenvalue weighted by molar-refractivity contribution is 4.63. The summed E-state index contributed by atoms with van der Waals surface area (Å²) in [6, 6.07) is 0. The van der Waals surface area contributed by atoms with Crippen molar-refractivity contribution in [1.82, 2.24) is 10.6 Å². The Morgan fingerprint density at radius 1 is 0.857 bits per heavy atom. The third-order valence-corrected chi connectivity index (χ3v) is 1.77. The Labute approximate surface area is 84.7 Å². The van der Waals surface area contributed by atoms with Crippen LogP contribution in [0.1, 0.15) is 12.8 Å². The van der Waals surface area contributed by atoms with Gasteiger partial charge in [-0.25, -0.2) is 0 Å². The maximum atomic E-state index is 9.35. The molecule has 8 N–H and O–H groups in total. The molecule has 2 atom stereocenters. The van der Waals surface area contributed by atoms with Crippen LogP contribution in [0.15, 0.2) is 0 Å². The first-order chi connectivity index (χ1) is 6.72. The van der Waals surface area contributed by atoms with Crippen molar-refractivity contribution in [3.63, 3.8) is 0 Å². The number of hydrogen-bond donors (Lipinski definition) is 6. The Morgan fingerprint density at radius 2 is 1.21 bits per heavy atom. The van der Waals surface area contributed by atoms with Gasteiger partial charge >= 0.3 is 0 Å². The van der Waals surface area contributed by atoms with Crippen LogP contribution < -0.4 is 22.1 Å². The van der Waals surface area contributed by atoms with Gasteiger partial charge in [0.15, 0.2) is 0 Å². The molecule has 86 valence electrons. The Balaban J connectivity index is 3.39. The van der Waals surface area contributed by atoms with Crippen molar-refractivity contribution in [1.29, 1.82) is 0 Å². The fraction of sp³-hybridized carbons (Fsp3) is 1.00. The molecular weight excluding hydrogens is 184 g/mol. The molecule has 0 aromatic carbocycles. The van der Waals surface area contributed by atoms with E-state index in [1.807, 2.05) is 0 Å². The lowest BCUT2D eigenvalue weighted by Crippen LogP contribution is -2.48. The molecule has 0 aliphatic carbocycles. The van der Waals surface area contributed by atoms with Gasteiger partial charge in [0, 0.05) is 0 Å². The molecule has 0 rings (SSSR count). The van der Waals surface area contributed by atoms with Crippen molar-refractivity contribution >= 4 is 0 Å². The number of nitrogens with two attached hydrogens (primary N) is 2. The van der Waals surface area contributed by atoms with Crippen molar-refractivity contribution in [2.45, 2.75) is 25.3 Å². The number of aliphatic hydroxyl groups excluding tert-OH is 2. The first kappa shape index (κ1) is 13.8. The van der Waals surface area contributed by atoms with E-state index in [4.69, 9.17) is 11.5 Å². The van der Waals surface area contributed by atoms with Gasteiger partial charge in [-0.05, 0) is 39.0 Å². The molecule has 0 fully saturated rings. The van der Waals surface area contributed by atoms with Gasteiger partial charge in [-0.1, -0.05) is 0 Å². The zero-order valence-corrected chi connectivity index (χ0v) is 8.45. The largest absolute Gasteiger partial charge is 0.374 e. The maximum Gasteiger partial charge on any atom is 0.144 e. The zero-order valence-electron chi connectivity index (χ0n) is 8.45. The number of rotatable bonds is 9. The van der Waals surface area contributed by atoms with E-state index in [0.717, 1.165) is 12.8 Å². The van der Waals surface area contributed by atoms with Crippen molar-refractivity contribution < 1.29 is 10.2 Å². The Hall–Kier alpha value is -0.240. The first-order valence-corrected chi connectivity index (χ1v) is 4.95. The fourth-order valence-corrected chi connectivity index (χ4v) is 0.927. The summed E-state index contributed by atoms with van der Waals surface area (Å²) in [6.45, 7) is 2.31. The normalized spacial score (nSPS) is 15.4. The lowest BCUT2D eigenvalue weighted by Gasteiger charge is -2.19. The zero-order chi connectivity index (χ0) is 10.8. The van der Waals surface area contributed by atoms with Gasteiger partial charge in [0.1, 0.15) is 12.5 Å². The summed E-state index contributed by atoms with van der Waals surface area (Å²) in [7, 11) is 0. The molecule has 0 radical (unpaired) electrons. The second kappa shape index (κ2) is 9.32. The monoisotopic (exact) mass is 206 g/mol. The van der Waals surface area contributed by atoms with Gasteiger partial charge in [0.05, 0.1) is 0 Å². The summed E-state index contributed by atoms with van der Waals surface area (Å²) in [5, 5.41) is 24.2. The smallest absolute Gasteiger partial charge is 0.144 e. The van der Waals surface area contributed by atoms with Crippen LogP contribution in [-0.4, -0.2) is 48.8 Å². The third-order valence-electron chi connectivity index (χ3n) is 1.77. The molecule has 14 heavy (non-hydrogen) atoms. The highest BCUT2D eigenvalue weighted by Gasteiger charge is 2.13. The van der Waals surface area contributed by atoms with Gasteiger partial charge < -0.3 is 21.7 Å². The molecule has 2 unspecified atom stereocenters. The molecule has 0 aromatic heterocycles. The minimum atomic E-state index is -0.959. The molecule has 0 aliphatic heterocycles. The van der Waals surface area contributed by atoms with Gasteiger partial charge in [-0.3, -0.25) is 10.6 Å². The second-order valence-corrected chi connectivity index (χ2v) is 3.08. The molecule has 0 spiro atoms. The Kier molecular flexibility index (Phi) is 9.16. The molecule has 0 aromatic rings. The van der Waals surface area contributed by atoms with E-state index in [2.05, 4.69) is 10.6 Å². The minimum absolute atomic E-state index is 0.566. The predicted octanol–water partition coefficient (Wildman–Crippen LogP) is -2.50. The first-order valence-electron chi connectivity index (χ1n) is 4.95. The highest BCUT2D eigenvalue weighted by atomic mass is 16.4. The topological polar surface area (TPSA) is 117 Å². The molecule has 0 heterocycles. The van der Waals surface area contributed by atoms with Gasteiger partial charge in [0.25, 0.3) is 0 Å². The van der Waals surface area contributed by atoms with Crippen LogP contribution in [0.2, 0.25) is 0 Å². The number of hydrogen-bond acceptors (Lipinski definition) is 6. The van der Waals surface area contributed by atoms with Crippen molar-refractivity contribution in [3.8, 4) is 0 Å². The summed E-state index contributed by atoms with van der Waals surface area (Å²) in [5.41, 5.74) is 10.6. The van der Waals surface area contributed by atoms with Gasteiger partial charge in [0.2, 0.25) is 0 Å². The van der Waals surface area contributed by atoms with E-state index in [1.165, 1.54) is 0 Å². The van der Waals surface area contributed by atoms with Gasteiger partial charge in [-0.15, -0.1) is 0 Å². The summed E-state index contributed by atoms with van der Waals surface area (Å²) in [5.74, 6) is 0. The molecular formula is C8H22N4O2. The van der Waals surface area contributed by atoms with E-state index < -0.39 is 12.5 Å². The average Bonchev–Trinajstić information content (AvgIpc) is 2.18. The number of aliphatic hydroxyl groups is 2. The summed E-state index contributed by atoms with van der Waals surface area (Å²) in [4.78, 5) is 0. The number of nitrogens with one attached hydrogen (secondary N) is 2. The van der Waals surface area contributed by atoms with Crippen LogP contribution in [0, 0.1) is 0 Å². The molecule has 0 amide bonds. The van der Waals surface area contributed by atoms with E-state index in [1.54, 1.807) is 0 Å². The molecule has 0 saturated carbocycles. The van der Waals surface area contributed by atoms with Crippen LogP contribution in [0.25, 0.3) is 0 Å². The molecule has 0 saturated heterocycles. The Bertz CT molecular complexity index is 112. The lowest BCUT2D eigenvalue weighted by molar-refractivity contribution is -0.0204. The van der Waals surface area contributed by atoms with E-state index in [-0.39, 0.29) is 0 Å². The van der Waals surface area contributed by atoms with Crippen molar-refractivity contribution in [2.24, 2.45) is 11.5 Å². The molecule has 0 aliphatic rings. The standard InChI is InChI=1S/C8H22N4O2/c9-3-1-5-11-7(13)8(14)12-6-2-4-10/h7-8,11-14H,1-6,9-10H2. The second-order valence-electron chi connectivity index (χ2n) is 3.08. The summed E-state index contributed by atoms with van der Waals surface area (Å²) >= 11 is 0. The minimum Gasteiger partial charge on any atom is -0.374 e. The van der Waals surface area contributed by atoms with Crippen LogP contribution >= 0.6 is 0 Å². The summed E-state index contributed by atoms with van der Waals surface area (Å²) in [6.07, 6.45) is -0.377. The van der Waals surface area contributed by atoms with Crippen LogP contribution in [0.4, 0.5) is 0 Å². The molecule has 6 heteroatoms. The quantitative estimate of drug-likeness (QED) is 0.183. The van der Waals surface area contributed by atoms with Crippen LogP contribution in [0.3, 0.4) is 0 Å². The Morgan fingerprint density at radius 3 is 1.50 bits per heavy atom. The highest BCUT2D eigenvalue weighted by Crippen LogP contribution is 1.86. The van der Waals surface area contributed by atoms with Crippen LogP contribution in [-0.2, 0) is 0 Å². The van der Waals surface area contributed by atoms with Gasteiger partial charge in [-0.2, -0.15) is 0 Å². The SMILES string of the molecule is NCCCNC(O)C(O)NCCCN.